The zero-order valence-electron chi connectivity index (χ0n) is 20.9. The summed E-state index contributed by atoms with van der Waals surface area (Å²) in [6.45, 7) is 1.95. The van der Waals surface area contributed by atoms with Crippen LogP contribution < -0.4 is 10.6 Å². The maximum Gasteiger partial charge on any atom is 0.475 e. The molecule has 3 aromatic carbocycles. The van der Waals surface area contributed by atoms with Crippen molar-refractivity contribution >= 4 is 30.5 Å². The highest BCUT2D eigenvalue weighted by Gasteiger charge is 2.30. The zero-order valence-corrected chi connectivity index (χ0v) is 21.6. The maximum atomic E-state index is 13.5. The van der Waals surface area contributed by atoms with Crippen LogP contribution in [0.3, 0.4) is 0 Å². The average molecular weight is 519 g/mol. The SMILES string of the molecule is Cc1cccc(C[C@H](NC(=O)CC(NC(=O)[C@H]2CCCc3ccccc32)c2cccc(Cl)c2)B(O)O)c1. The number of carbonyl (C=O) groups is 2. The molecule has 0 saturated carbocycles. The van der Waals surface area contributed by atoms with Gasteiger partial charge in [0, 0.05) is 5.02 Å². The number of aryl methyl sites for hydroxylation is 2. The summed E-state index contributed by atoms with van der Waals surface area (Å²) < 4.78 is 0. The lowest BCUT2D eigenvalue weighted by molar-refractivity contribution is -0.125. The fraction of sp³-hybridized carbons (Fsp3) is 0.310. The Morgan fingerprint density at radius 1 is 1.03 bits per heavy atom. The van der Waals surface area contributed by atoms with E-state index in [-0.39, 0.29) is 24.7 Å². The van der Waals surface area contributed by atoms with Crippen LogP contribution in [-0.2, 0) is 22.4 Å². The Bertz CT molecular complexity index is 1250. The van der Waals surface area contributed by atoms with E-state index < -0.39 is 25.0 Å². The summed E-state index contributed by atoms with van der Waals surface area (Å²) in [5.74, 6) is -1.72. The number of amides is 2. The highest BCUT2D eigenvalue weighted by Crippen LogP contribution is 2.32. The molecule has 0 fully saturated rings. The highest BCUT2D eigenvalue weighted by molar-refractivity contribution is 6.43. The van der Waals surface area contributed by atoms with E-state index >= 15 is 0 Å². The van der Waals surface area contributed by atoms with Gasteiger partial charge in [-0.25, -0.2) is 0 Å². The molecule has 2 amide bonds. The van der Waals surface area contributed by atoms with E-state index in [4.69, 9.17) is 11.6 Å². The minimum atomic E-state index is -1.73. The largest absolute Gasteiger partial charge is 0.475 e. The normalized spacial score (nSPS) is 16.3. The van der Waals surface area contributed by atoms with Gasteiger partial charge in [-0.15, -0.1) is 0 Å². The first-order chi connectivity index (χ1) is 17.8. The summed E-state index contributed by atoms with van der Waals surface area (Å²) in [7, 11) is -1.73. The minimum absolute atomic E-state index is 0.0719. The molecule has 4 N–H and O–H groups in total. The van der Waals surface area contributed by atoms with E-state index in [0.717, 1.165) is 36.0 Å². The van der Waals surface area contributed by atoms with Crippen molar-refractivity contribution in [1.29, 1.82) is 0 Å². The van der Waals surface area contributed by atoms with Crippen molar-refractivity contribution in [2.75, 3.05) is 0 Å². The first-order valence-corrected chi connectivity index (χ1v) is 13.0. The van der Waals surface area contributed by atoms with Crippen molar-refractivity contribution in [3.8, 4) is 0 Å². The van der Waals surface area contributed by atoms with Crippen LogP contribution in [0.25, 0.3) is 0 Å². The Balaban J connectivity index is 1.50. The fourth-order valence-electron chi connectivity index (χ4n) is 5.05. The molecule has 1 aliphatic rings. The van der Waals surface area contributed by atoms with Crippen LogP contribution in [0.1, 0.15) is 59.0 Å². The van der Waals surface area contributed by atoms with Gasteiger partial charge in [0.1, 0.15) is 0 Å². The summed E-state index contributed by atoms with van der Waals surface area (Å²) in [6, 6.07) is 22.1. The van der Waals surface area contributed by atoms with Gasteiger partial charge in [0.05, 0.1) is 24.3 Å². The Hall–Kier alpha value is -3.13. The number of halogens is 1. The molecule has 37 heavy (non-hydrogen) atoms. The molecular weight excluding hydrogens is 487 g/mol. The second-order valence-corrected chi connectivity index (χ2v) is 10.2. The Kier molecular flexibility index (Phi) is 9.03. The third-order valence-corrected chi connectivity index (χ3v) is 7.12. The van der Waals surface area contributed by atoms with Gasteiger partial charge in [0.25, 0.3) is 0 Å². The van der Waals surface area contributed by atoms with Crippen molar-refractivity contribution in [2.45, 2.75) is 56.9 Å². The lowest BCUT2D eigenvalue weighted by Gasteiger charge is -2.28. The molecule has 0 bridgehead atoms. The lowest BCUT2D eigenvalue weighted by atomic mass is 9.75. The quantitative estimate of drug-likeness (QED) is 0.321. The van der Waals surface area contributed by atoms with Crippen LogP contribution in [0.2, 0.25) is 5.02 Å². The molecule has 6 nitrogen and oxygen atoms in total. The van der Waals surface area contributed by atoms with Gasteiger partial charge in [0.15, 0.2) is 0 Å². The summed E-state index contributed by atoms with van der Waals surface area (Å²) >= 11 is 6.23. The third kappa shape index (κ3) is 7.22. The molecule has 0 aliphatic heterocycles. The van der Waals surface area contributed by atoms with Crippen molar-refractivity contribution in [3.63, 3.8) is 0 Å². The van der Waals surface area contributed by atoms with Gasteiger partial charge < -0.3 is 20.7 Å². The molecular formula is C29H32BClN2O4. The van der Waals surface area contributed by atoms with Crippen LogP contribution in [0.15, 0.2) is 72.8 Å². The summed E-state index contributed by atoms with van der Waals surface area (Å²) in [5, 5.41) is 26.2. The van der Waals surface area contributed by atoms with Gasteiger partial charge in [-0.05, 0) is 67.0 Å². The lowest BCUT2D eigenvalue weighted by Crippen LogP contribution is -2.48. The molecule has 4 rings (SSSR count). The average Bonchev–Trinajstić information content (AvgIpc) is 2.87. The maximum absolute atomic E-state index is 13.5. The van der Waals surface area contributed by atoms with Crippen LogP contribution >= 0.6 is 11.6 Å². The number of fused-ring (bicyclic) bond motifs is 1. The smallest absolute Gasteiger partial charge is 0.426 e. The summed E-state index contributed by atoms with van der Waals surface area (Å²) in [6.07, 6.45) is 2.81. The molecule has 0 saturated heterocycles. The van der Waals surface area contributed by atoms with Gasteiger partial charge in [0.2, 0.25) is 11.8 Å². The third-order valence-electron chi connectivity index (χ3n) is 6.89. The highest BCUT2D eigenvalue weighted by atomic mass is 35.5. The van der Waals surface area contributed by atoms with E-state index in [1.807, 2.05) is 55.5 Å². The van der Waals surface area contributed by atoms with Gasteiger partial charge in [-0.3, -0.25) is 9.59 Å². The van der Waals surface area contributed by atoms with E-state index in [1.54, 1.807) is 18.2 Å². The minimum Gasteiger partial charge on any atom is -0.426 e. The predicted molar refractivity (Wildman–Crippen MR) is 146 cm³/mol. The van der Waals surface area contributed by atoms with Crippen molar-refractivity contribution in [3.05, 3.63) is 106 Å². The first-order valence-electron chi connectivity index (χ1n) is 12.6. The molecule has 0 aromatic heterocycles. The number of carbonyl (C=O) groups excluding carboxylic acids is 2. The zero-order chi connectivity index (χ0) is 26.4. The monoisotopic (exact) mass is 518 g/mol. The molecule has 0 radical (unpaired) electrons. The Labute approximate surface area is 223 Å². The molecule has 3 aromatic rings. The number of benzene rings is 3. The molecule has 8 heteroatoms. The number of hydrogen-bond donors (Lipinski definition) is 4. The summed E-state index contributed by atoms with van der Waals surface area (Å²) in [4.78, 5) is 26.6. The van der Waals surface area contributed by atoms with E-state index in [1.165, 1.54) is 5.56 Å². The van der Waals surface area contributed by atoms with Gasteiger partial charge in [-0.1, -0.05) is 77.8 Å². The first kappa shape index (κ1) is 26.9. The Morgan fingerprint density at radius 2 is 1.81 bits per heavy atom. The van der Waals surface area contributed by atoms with Crippen LogP contribution in [0, 0.1) is 6.92 Å². The van der Waals surface area contributed by atoms with Gasteiger partial charge in [-0.2, -0.15) is 0 Å². The fourth-order valence-corrected chi connectivity index (χ4v) is 5.25. The number of rotatable bonds is 9. The van der Waals surface area contributed by atoms with Crippen molar-refractivity contribution in [2.24, 2.45) is 0 Å². The summed E-state index contributed by atoms with van der Waals surface area (Å²) in [5.41, 5.74) is 4.85. The van der Waals surface area contributed by atoms with E-state index in [0.29, 0.717) is 10.6 Å². The standard InChI is InChI=1S/C29H32BClN2O4/c1-19-7-4-8-20(15-19)16-27(30(36)37)33-28(34)18-26(22-11-5-12-23(31)17-22)32-29(35)25-14-6-10-21-9-2-3-13-24(21)25/h2-5,7-9,11-13,15,17,25-27,36-37H,6,10,14,16,18H2,1H3,(H,32,35)(H,33,34)/t25-,26?,27-/m0/s1. The van der Waals surface area contributed by atoms with Crippen LogP contribution in [0.5, 0.6) is 0 Å². The van der Waals surface area contributed by atoms with Crippen LogP contribution in [0.4, 0.5) is 0 Å². The topological polar surface area (TPSA) is 98.7 Å². The molecule has 0 heterocycles. The van der Waals surface area contributed by atoms with Crippen LogP contribution in [-0.4, -0.2) is 34.9 Å². The molecule has 3 atom stereocenters. The second-order valence-electron chi connectivity index (χ2n) is 9.74. The predicted octanol–water partition coefficient (Wildman–Crippen LogP) is 4.06. The second kappa shape index (κ2) is 12.4. The number of nitrogens with one attached hydrogen (secondary N) is 2. The number of hydrogen-bond acceptors (Lipinski definition) is 4. The van der Waals surface area contributed by atoms with Crippen molar-refractivity contribution < 1.29 is 19.6 Å². The molecule has 1 aliphatic carbocycles. The van der Waals surface area contributed by atoms with Gasteiger partial charge >= 0.3 is 7.12 Å². The Morgan fingerprint density at radius 3 is 2.57 bits per heavy atom. The van der Waals surface area contributed by atoms with Crippen molar-refractivity contribution in [1.82, 2.24) is 10.6 Å². The molecule has 0 spiro atoms. The van der Waals surface area contributed by atoms with E-state index in [2.05, 4.69) is 16.7 Å². The molecule has 1 unspecified atom stereocenters. The van der Waals surface area contributed by atoms with E-state index in [9.17, 15) is 19.6 Å². The molecule has 192 valence electrons.